The van der Waals surface area contributed by atoms with Crippen LogP contribution in [-0.2, 0) is 17.9 Å². The van der Waals surface area contributed by atoms with E-state index in [0.717, 1.165) is 66.5 Å². The highest BCUT2D eigenvalue weighted by atomic mass is 16.5. The first kappa shape index (κ1) is 38.6. The molecule has 4 aromatic rings. The zero-order valence-electron chi connectivity index (χ0n) is 25.8. The lowest BCUT2D eigenvalue weighted by Gasteiger charge is -2.18. The number of likely N-dealkylation sites (tertiary alicyclic amines) is 2. The molecule has 2 aliphatic heterocycles. The lowest BCUT2D eigenvalue weighted by atomic mass is 10.1. The first-order chi connectivity index (χ1) is 20.2. The van der Waals surface area contributed by atoms with E-state index in [4.69, 9.17) is 14.5 Å². The molecule has 3 heterocycles. The van der Waals surface area contributed by atoms with Gasteiger partial charge < -0.3 is 40.8 Å². The molecule has 45 heavy (non-hydrogen) atoms. The number of nitrogens with zero attached hydrogens (tertiary/aromatic N) is 4. The zero-order valence-corrected chi connectivity index (χ0v) is 25.8. The van der Waals surface area contributed by atoms with Crippen molar-refractivity contribution in [3.8, 4) is 35.7 Å². The van der Waals surface area contributed by atoms with E-state index in [9.17, 15) is 4.79 Å². The van der Waals surface area contributed by atoms with Crippen LogP contribution in [0.4, 0.5) is 0 Å². The van der Waals surface area contributed by atoms with Gasteiger partial charge in [0.1, 0.15) is 23.9 Å². The molecule has 1 aromatic heterocycles. The summed E-state index contributed by atoms with van der Waals surface area (Å²) in [6, 6.07) is 23.0. The summed E-state index contributed by atoms with van der Waals surface area (Å²) in [5, 5.41) is 0. The molecule has 0 bridgehead atoms. The van der Waals surface area contributed by atoms with Crippen molar-refractivity contribution < 1.29 is 36.2 Å². The first-order valence-electron chi connectivity index (χ1n) is 14.4. The second-order valence-corrected chi connectivity index (χ2v) is 10.5. The number of carbonyl (C=O) groups excluding carboxylic acids is 1. The molecule has 6 rings (SSSR count). The number of imidazole rings is 1. The minimum absolute atomic E-state index is 0. The van der Waals surface area contributed by atoms with E-state index in [1.165, 1.54) is 24.0 Å². The summed E-state index contributed by atoms with van der Waals surface area (Å²) in [5.41, 5.74) is 5.52. The average molecular weight is 623 g/mol. The second kappa shape index (κ2) is 18.4. The van der Waals surface area contributed by atoms with E-state index in [-0.39, 0.29) is 27.8 Å². The Morgan fingerprint density at radius 3 is 2.22 bits per heavy atom. The van der Waals surface area contributed by atoms with Gasteiger partial charge >= 0.3 is 0 Å². The van der Waals surface area contributed by atoms with Crippen molar-refractivity contribution in [2.24, 2.45) is 0 Å². The van der Waals surface area contributed by atoms with Gasteiger partial charge in [0, 0.05) is 37.2 Å². The Bertz CT molecular complexity index is 1500. The van der Waals surface area contributed by atoms with Gasteiger partial charge in [-0.15, -0.1) is 12.8 Å². The van der Waals surface area contributed by atoms with E-state index < -0.39 is 0 Å². The van der Waals surface area contributed by atoms with Gasteiger partial charge in [0.05, 0.1) is 24.7 Å². The van der Waals surface area contributed by atoms with Gasteiger partial charge in [-0.1, -0.05) is 24.3 Å². The highest BCUT2D eigenvalue weighted by Gasteiger charge is 2.20. The fourth-order valence-corrected chi connectivity index (χ4v) is 5.75. The van der Waals surface area contributed by atoms with Crippen LogP contribution < -0.4 is 9.47 Å². The number of para-hydroxylation sites is 2. The smallest absolute Gasteiger partial charge is 0.222 e. The van der Waals surface area contributed by atoms with Crippen LogP contribution in [0, 0.1) is 12.8 Å². The van der Waals surface area contributed by atoms with Crippen LogP contribution in [0.15, 0.2) is 66.7 Å². The Morgan fingerprint density at radius 1 is 0.844 bits per heavy atom. The fourth-order valence-electron chi connectivity index (χ4n) is 5.75. The molecule has 0 atom stereocenters. The molecule has 2 saturated heterocycles. The van der Waals surface area contributed by atoms with Crippen LogP contribution in [0.25, 0.3) is 22.4 Å². The monoisotopic (exact) mass is 622 g/mol. The summed E-state index contributed by atoms with van der Waals surface area (Å²) in [6.07, 6.45) is 12.2. The molecule has 2 fully saturated rings. The minimum atomic E-state index is 0. The summed E-state index contributed by atoms with van der Waals surface area (Å²) < 4.78 is 14.0. The number of methoxy groups -OCH3 is 1. The SMILES string of the molecule is C#C.COc1cc(Cn2c(-c3ccc(OCCN4CCCC4=O)cc3)nc3ccccc32)ccc1CN1CCCC1.O.O.O.O. The number of hydrogen-bond acceptors (Lipinski definition) is 5. The van der Waals surface area contributed by atoms with Crippen molar-refractivity contribution >= 4 is 16.9 Å². The number of ether oxygens (including phenoxy) is 2. The Hall–Kier alpha value is -4.44. The predicted molar refractivity (Wildman–Crippen MR) is 177 cm³/mol. The molecule has 0 radical (unpaired) electrons. The summed E-state index contributed by atoms with van der Waals surface area (Å²) in [4.78, 5) is 21.2. The molecular weight excluding hydrogens is 576 g/mol. The highest BCUT2D eigenvalue weighted by molar-refractivity contribution is 5.81. The molecule has 11 heteroatoms. The standard InChI is InChI=1S/C32H36N4O3.C2H2.4H2O/c1-38-30-21-24(10-11-26(30)23-34-16-4-5-17-34)22-36-29-8-3-2-7-28(29)33-32(36)25-12-14-27(15-13-25)39-20-19-35-18-6-9-31(35)37;1-2;;;;/h2-3,7-8,10-15,21H,4-6,9,16-20,22-23H2,1H3;1-2H;4*1H2. The molecule has 0 unspecified atom stereocenters. The van der Waals surface area contributed by atoms with E-state index in [0.29, 0.717) is 26.1 Å². The molecule has 244 valence electrons. The fraction of sp³-hybridized carbons (Fsp3) is 0.353. The van der Waals surface area contributed by atoms with Crippen LogP contribution in [0.1, 0.15) is 36.8 Å². The maximum Gasteiger partial charge on any atom is 0.222 e. The van der Waals surface area contributed by atoms with Gasteiger partial charge in [-0.25, -0.2) is 4.98 Å². The minimum Gasteiger partial charge on any atom is -0.496 e. The Labute approximate surface area is 264 Å². The maximum atomic E-state index is 11.8. The van der Waals surface area contributed by atoms with Crippen molar-refractivity contribution in [2.45, 2.75) is 38.8 Å². The number of amides is 1. The lowest BCUT2D eigenvalue weighted by molar-refractivity contribution is -0.128. The van der Waals surface area contributed by atoms with Crippen molar-refractivity contribution in [3.63, 3.8) is 0 Å². The molecule has 2 aliphatic rings. The number of terminal acetylenes is 1. The zero-order chi connectivity index (χ0) is 28.6. The van der Waals surface area contributed by atoms with Gasteiger partial charge in [-0.05, 0) is 80.4 Å². The Kier molecular flexibility index (Phi) is 15.8. The topological polar surface area (TPSA) is 186 Å². The average Bonchev–Trinajstić information content (AvgIpc) is 3.76. The lowest BCUT2D eigenvalue weighted by Crippen LogP contribution is -2.29. The third kappa shape index (κ3) is 9.04. The van der Waals surface area contributed by atoms with Crippen LogP contribution in [0.2, 0.25) is 0 Å². The van der Waals surface area contributed by atoms with Crippen LogP contribution in [-0.4, -0.2) is 87.1 Å². The Balaban J connectivity index is 0.00000166. The van der Waals surface area contributed by atoms with E-state index in [1.807, 2.05) is 23.1 Å². The van der Waals surface area contributed by atoms with Crippen molar-refractivity contribution in [1.82, 2.24) is 19.4 Å². The largest absolute Gasteiger partial charge is 0.496 e. The molecule has 11 nitrogen and oxygen atoms in total. The molecule has 8 N–H and O–H groups in total. The first-order valence-corrected chi connectivity index (χ1v) is 14.4. The third-order valence-corrected chi connectivity index (χ3v) is 7.85. The molecular formula is C34H46N4O7. The summed E-state index contributed by atoms with van der Waals surface area (Å²) >= 11 is 0. The van der Waals surface area contributed by atoms with Gasteiger partial charge in [0.2, 0.25) is 5.91 Å². The second-order valence-electron chi connectivity index (χ2n) is 10.5. The molecule has 0 saturated carbocycles. The molecule has 0 spiro atoms. The summed E-state index contributed by atoms with van der Waals surface area (Å²) in [7, 11) is 1.76. The third-order valence-electron chi connectivity index (χ3n) is 7.85. The van der Waals surface area contributed by atoms with Gasteiger partial charge in [-0.3, -0.25) is 9.69 Å². The van der Waals surface area contributed by atoms with E-state index in [2.05, 4.69) is 70.8 Å². The molecule has 3 aromatic carbocycles. The van der Waals surface area contributed by atoms with Gasteiger partial charge in [0.15, 0.2) is 0 Å². The number of aromatic nitrogens is 2. The van der Waals surface area contributed by atoms with Crippen molar-refractivity contribution in [3.05, 3.63) is 77.9 Å². The van der Waals surface area contributed by atoms with Crippen LogP contribution >= 0.6 is 0 Å². The van der Waals surface area contributed by atoms with E-state index >= 15 is 0 Å². The van der Waals surface area contributed by atoms with E-state index in [1.54, 1.807) is 7.11 Å². The molecule has 1 amide bonds. The Morgan fingerprint density at radius 2 is 1.56 bits per heavy atom. The number of benzene rings is 3. The van der Waals surface area contributed by atoms with Crippen molar-refractivity contribution in [2.75, 3.05) is 39.9 Å². The maximum absolute atomic E-state index is 11.8. The summed E-state index contributed by atoms with van der Waals surface area (Å²) in [6.45, 7) is 5.93. The number of carbonyl (C=O) groups is 1. The van der Waals surface area contributed by atoms with Crippen LogP contribution in [0.3, 0.4) is 0 Å². The number of hydrogen-bond donors (Lipinski definition) is 0. The van der Waals surface area contributed by atoms with Crippen LogP contribution in [0.5, 0.6) is 11.5 Å². The van der Waals surface area contributed by atoms with Crippen molar-refractivity contribution in [1.29, 1.82) is 0 Å². The molecule has 0 aliphatic carbocycles. The van der Waals surface area contributed by atoms with Gasteiger partial charge in [-0.2, -0.15) is 0 Å². The summed E-state index contributed by atoms with van der Waals surface area (Å²) in [5.74, 6) is 2.89. The number of rotatable bonds is 10. The normalized spacial score (nSPS) is 13.8. The predicted octanol–water partition coefficient (Wildman–Crippen LogP) is 2.31. The quantitative estimate of drug-likeness (QED) is 0.245. The van der Waals surface area contributed by atoms with Gasteiger partial charge in [0.25, 0.3) is 0 Å². The highest BCUT2D eigenvalue weighted by Crippen LogP contribution is 2.29. The number of fused-ring (bicyclic) bond motifs is 1.